The van der Waals surface area contributed by atoms with Gasteiger partial charge < -0.3 is 16.8 Å². The number of benzene rings is 1. The van der Waals surface area contributed by atoms with E-state index in [1.54, 1.807) is 0 Å². The number of carbonyl (C=O) groups is 2. The molecule has 136 valence electrons. The van der Waals surface area contributed by atoms with Crippen molar-refractivity contribution < 1.29 is 9.59 Å². The molecule has 0 aliphatic rings. The largest absolute Gasteiger partial charge is 0.370 e. The Bertz CT molecular complexity index is 662. The minimum Gasteiger partial charge on any atom is -0.370 e. The maximum atomic E-state index is 11.0. The Labute approximate surface area is 151 Å². The van der Waals surface area contributed by atoms with Crippen molar-refractivity contribution >= 4 is 39.7 Å². The number of nitrogens with zero attached hydrogens (tertiary/aromatic N) is 2. The van der Waals surface area contributed by atoms with Crippen LogP contribution in [0.1, 0.15) is 42.4 Å². The van der Waals surface area contributed by atoms with Crippen molar-refractivity contribution in [1.82, 2.24) is 10.3 Å². The van der Waals surface area contributed by atoms with Crippen LogP contribution in [0.15, 0.2) is 29.3 Å². The van der Waals surface area contributed by atoms with Gasteiger partial charge in [0.05, 0.1) is 10.2 Å². The van der Waals surface area contributed by atoms with Crippen LogP contribution >= 0.6 is 11.3 Å². The average molecular weight is 363 g/mol. The van der Waals surface area contributed by atoms with Crippen LogP contribution < -0.4 is 16.8 Å². The lowest BCUT2D eigenvalue weighted by Crippen LogP contribution is -2.24. The van der Waals surface area contributed by atoms with E-state index in [0.29, 0.717) is 24.5 Å². The number of nitrogens with one attached hydrogen (secondary N) is 1. The van der Waals surface area contributed by atoms with E-state index in [9.17, 15) is 9.59 Å². The maximum Gasteiger partial charge on any atom is 0.219 e. The summed E-state index contributed by atoms with van der Waals surface area (Å²) < 4.78 is 1.06. The summed E-state index contributed by atoms with van der Waals surface area (Å²) in [6.45, 7) is 3.32. The van der Waals surface area contributed by atoms with Gasteiger partial charge in [0.15, 0.2) is 17.3 Å². The molecule has 1 amide bonds. The number of unbranched alkanes of at least 4 members (excludes halogenated alkanes) is 1. The highest BCUT2D eigenvalue weighted by Crippen LogP contribution is 2.19. The monoisotopic (exact) mass is 363 g/mol. The van der Waals surface area contributed by atoms with Gasteiger partial charge in [0.1, 0.15) is 0 Å². The average Bonchev–Trinajstić information content (AvgIpc) is 3.02. The highest BCUT2D eigenvalue weighted by molar-refractivity contribution is 7.19. The van der Waals surface area contributed by atoms with E-state index in [4.69, 9.17) is 11.5 Å². The van der Waals surface area contributed by atoms with Crippen LogP contribution in [-0.4, -0.2) is 36.2 Å². The second-order valence-electron chi connectivity index (χ2n) is 5.25. The lowest BCUT2D eigenvalue weighted by atomic mass is 10.3. The third kappa shape index (κ3) is 8.80. The van der Waals surface area contributed by atoms with Crippen molar-refractivity contribution in [2.75, 3.05) is 13.1 Å². The Morgan fingerprint density at radius 1 is 1.32 bits per heavy atom. The fourth-order valence-corrected chi connectivity index (χ4v) is 2.71. The van der Waals surface area contributed by atoms with Crippen LogP contribution in [0, 0.1) is 0 Å². The zero-order chi connectivity index (χ0) is 18.5. The summed E-state index contributed by atoms with van der Waals surface area (Å²) in [4.78, 5) is 29.2. The lowest BCUT2D eigenvalue weighted by molar-refractivity contribution is -0.121. The molecule has 8 heteroatoms. The fourth-order valence-electron chi connectivity index (χ4n) is 1.93. The van der Waals surface area contributed by atoms with Crippen LogP contribution in [0.4, 0.5) is 0 Å². The van der Waals surface area contributed by atoms with E-state index >= 15 is 0 Å². The molecule has 2 rings (SSSR count). The first kappa shape index (κ1) is 20.6. The number of nitrogens with two attached hydrogens (primary N) is 2. The SMILES string of the molecule is CCCC(=O)NCCCCN=C(N)N.O=Cc1nc2ccccc2s1. The van der Waals surface area contributed by atoms with E-state index < -0.39 is 0 Å². The summed E-state index contributed by atoms with van der Waals surface area (Å²) in [6.07, 6.45) is 4.08. The van der Waals surface area contributed by atoms with Crippen LogP contribution in [0.5, 0.6) is 0 Å². The molecule has 5 N–H and O–H groups in total. The molecule has 0 spiro atoms. The van der Waals surface area contributed by atoms with Gasteiger partial charge in [-0.2, -0.15) is 0 Å². The minimum atomic E-state index is 0.120. The number of para-hydroxylation sites is 1. The minimum absolute atomic E-state index is 0.120. The van der Waals surface area contributed by atoms with Gasteiger partial charge in [0.2, 0.25) is 5.91 Å². The van der Waals surface area contributed by atoms with Gasteiger partial charge in [-0.15, -0.1) is 11.3 Å². The second-order valence-corrected chi connectivity index (χ2v) is 6.31. The summed E-state index contributed by atoms with van der Waals surface area (Å²) in [5.74, 6) is 0.245. The van der Waals surface area contributed by atoms with Crippen molar-refractivity contribution in [2.24, 2.45) is 16.5 Å². The molecule has 0 saturated carbocycles. The topological polar surface area (TPSA) is 123 Å². The van der Waals surface area contributed by atoms with Crippen LogP contribution in [0.25, 0.3) is 10.2 Å². The molecule has 0 atom stereocenters. The Balaban J connectivity index is 0.000000255. The highest BCUT2D eigenvalue weighted by atomic mass is 32.1. The smallest absolute Gasteiger partial charge is 0.219 e. The number of aromatic nitrogens is 1. The van der Waals surface area contributed by atoms with Crippen molar-refractivity contribution in [3.63, 3.8) is 0 Å². The zero-order valence-corrected chi connectivity index (χ0v) is 15.2. The maximum absolute atomic E-state index is 11.0. The van der Waals surface area contributed by atoms with E-state index in [0.717, 1.165) is 35.8 Å². The predicted octanol–water partition coefficient (Wildman–Crippen LogP) is 2.07. The summed E-state index contributed by atoms with van der Waals surface area (Å²) in [7, 11) is 0. The fraction of sp³-hybridized carbons (Fsp3) is 0.412. The third-order valence-corrected chi connectivity index (χ3v) is 4.05. The zero-order valence-electron chi connectivity index (χ0n) is 14.4. The molecule has 0 saturated heterocycles. The van der Waals surface area contributed by atoms with Gasteiger partial charge in [-0.25, -0.2) is 4.98 Å². The Hall–Kier alpha value is -2.48. The van der Waals surface area contributed by atoms with Gasteiger partial charge in [-0.05, 0) is 31.4 Å². The van der Waals surface area contributed by atoms with Gasteiger partial charge >= 0.3 is 0 Å². The first-order valence-corrected chi connectivity index (χ1v) is 9.01. The van der Waals surface area contributed by atoms with E-state index in [1.807, 2.05) is 31.2 Å². The van der Waals surface area contributed by atoms with Crippen molar-refractivity contribution in [2.45, 2.75) is 32.6 Å². The second kappa shape index (κ2) is 12.0. The molecule has 7 nitrogen and oxygen atoms in total. The molecular weight excluding hydrogens is 338 g/mol. The van der Waals surface area contributed by atoms with Gasteiger partial charge in [-0.1, -0.05) is 19.1 Å². The number of aldehydes is 1. The number of rotatable bonds is 8. The molecule has 0 aliphatic heterocycles. The summed E-state index contributed by atoms with van der Waals surface area (Å²) in [6, 6.07) is 7.71. The molecule has 0 bridgehead atoms. The third-order valence-electron chi connectivity index (χ3n) is 3.09. The summed E-state index contributed by atoms with van der Waals surface area (Å²) in [5.41, 5.74) is 11.2. The molecule has 0 unspecified atom stereocenters. The molecule has 25 heavy (non-hydrogen) atoms. The number of carbonyl (C=O) groups excluding carboxylic acids is 2. The van der Waals surface area contributed by atoms with Gasteiger partial charge in [-0.3, -0.25) is 14.6 Å². The summed E-state index contributed by atoms with van der Waals surface area (Å²) in [5, 5.41) is 3.37. The van der Waals surface area contributed by atoms with Crippen LogP contribution in [0.2, 0.25) is 0 Å². The molecule has 2 aromatic rings. The molecule has 0 radical (unpaired) electrons. The molecule has 1 aromatic heterocycles. The Morgan fingerprint density at radius 3 is 2.72 bits per heavy atom. The molecular formula is C17H25N5O2S. The van der Waals surface area contributed by atoms with Gasteiger partial charge in [0, 0.05) is 19.5 Å². The predicted molar refractivity (Wildman–Crippen MR) is 103 cm³/mol. The van der Waals surface area contributed by atoms with Crippen molar-refractivity contribution in [1.29, 1.82) is 0 Å². The number of aliphatic imine (C=N–C) groups is 1. The lowest BCUT2D eigenvalue weighted by Gasteiger charge is -2.02. The molecule has 0 aliphatic carbocycles. The van der Waals surface area contributed by atoms with E-state index in [-0.39, 0.29) is 11.9 Å². The van der Waals surface area contributed by atoms with Crippen LogP contribution in [-0.2, 0) is 4.79 Å². The van der Waals surface area contributed by atoms with Crippen molar-refractivity contribution in [3.8, 4) is 0 Å². The normalized spacial score (nSPS) is 9.80. The Kier molecular flexibility index (Phi) is 9.84. The van der Waals surface area contributed by atoms with E-state index in [1.165, 1.54) is 11.3 Å². The number of hydrogen-bond acceptors (Lipinski definition) is 5. The first-order valence-electron chi connectivity index (χ1n) is 8.19. The first-order chi connectivity index (χ1) is 12.1. The number of guanidine groups is 1. The Morgan fingerprint density at radius 2 is 2.08 bits per heavy atom. The number of fused-ring (bicyclic) bond motifs is 1. The number of amides is 1. The standard InChI is InChI=1S/C9H20N4O.C8H5NOS/c1-2-5-8(14)12-6-3-4-7-13-9(10)11;10-5-8-9-6-3-1-2-4-7(6)11-8/h2-7H2,1H3,(H,12,14)(H4,10,11,13);1-5H. The summed E-state index contributed by atoms with van der Waals surface area (Å²) >= 11 is 1.42. The number of hydrogen-bond donors (Lipinski definition) is 3. The van der Waals surface area contributed by atoms with E-state index in [2.05, 4.69) is 15.3 Å². The highest BCUT2D eigenvalue weighted by Gasteiger charge is 1.99. The van der Waals surface area contributed by atoms with Gasteiger partial charge in [0.25, 0.3) is 0 Å². The van der Waals surface area contributed by atoms with Crippen molar-refractivity contribution in [3.05, 3.63) is 29.3 Å². The molecule has 0 fully saturated rings. The quantitative estimate of drug-likeness (QED) is 0.287. The number of thiazole rings is 1. The molecule has 1 aromatic carbocycles. The van der Waals surface area contributed by atoms with Crippen LogP contribution in [0.3, 0.4) is 0 Å². The molecule has 1 heterocycles.